The lowest BCUT2D eigenvalue weighted by Gasteiger charge is -2.25. The highest BCUT2D eigenvalue weighted by molar-refractivity contribution is 6.30. The molecule has 0 unspecified atom stereocenters. The van der Waals surface area contributed by atoms with Crippen molar-refractivity contribution in [2.45, 2.75) is 44.0 Å². The van der Waals surface area contributed by atoms with Gasteiger partial charge in [-0.05, 0) is 42.5 Å². The van der Waals surface area contributed by atoms with Crippen LogP contribution in [0.1, 0.15) is 42.9 Å². The van der Waals surface area contributed by atoms with Gasteiger partial charge in [0.1, 0.15) is 0 Å². The molecule has 2 nitrogen and oxygen atoms in total. The van der Waals surface area contributed by atoms with Crippen molar-refractivity contribution >= 4 is 24.0 Å². The fraction of sp³-hybridized carbons (Fsp3) is 0.571. The van der Waals surface area contributed by atoms with Crippen LogP contribution in [-0.2, 0) is 6.18 Å². The van der Waals surface area contributed by atoms with Gasteiger partial charge < -0.3 is 10.8 Å². The molecule has 1 saturated carbocycles. The fourth-order valence-corrected chi connectivity index (χ4v) is 3.00. The largest absolute Gasteiger partial charge is 0.416 e. The van der Waals surface area contributed by atoms with E-state index < -0.39 is 23.9 Å². The van der Waals surface area contributed by atoms with E-state index in [9.17, 15) is 18.3 Å². The number of alkyl halides is 3. The molecule has 1 aliphatic rings. The highest BCUT2D eigenvalue weighted by Crippen LogP contribution is 2.36. The summed E-state index contributed by atoms with van der Waals surface area (Å²) in [5.41, 5.74) is 5.31. The zero-order valence-corrected chi connectivity index (χ0v) is 12.8. The van der Waals surface area contributed by atoms with Crippen LogP contribution in [0.2, 0.25) is 5.02 Å². The first-order chi connectivity index (χ1) is 9.29. The Hall–Kier alpha value is -0.490. The maximum atomic E-state index is 12.8. The van der Waals surface area contributed by atoms with Crippen molar-refractivity contribution in [3.63, 3.8) is 0 Å². The lowest BCUT2D eigenvalue weighted by molar-refractivity contribution is -0.137. The normalized spacial score (nSPS) is 19.1. The Morgan fingerprint density at radius 3 is 2.29 bits per heavy atom. The van der Waals surface area contributed by atoms with Crippen molar-refractivity contribution < 1.29 is 18.3 Å². The van der Waals surface area contributed by atoms with Crippen LogP contribution in [0.25, 0.3) is 0 Å². The van der Waals surface area contributed by atoms with Crippen LogP contribution in [0.4, 0.5) is 13.2 Å². The van der Waals surface area contributed by atoms with Gasteiger partial charge in [-0.25, -0.2) is 0 Å². The Labute approximate surface area is 132 Å². The monoisotopic (exact) mass is 343 g/mol. The van der Waals surface area contributed by atoms with Crippen molar-refractivity contribution in [1.29, 1.82) is 0 Å². The number of rotatable bonds is 3. The second-order valence-electron chi connectivity index (χ2n) is 5.33. The first-order valence-electron chi connectivity index (χ1n) is 6.60. The third-order valence-electron chi connectivity index (χ3n) is 3.88. The predicted molar refractivity (Wildman–Crippen MR) is 78.6 cm³/mol. The summed E-state index contributed by atoms with van der Waals surface area (Å²) < 4.78 is 38.3. The highest BCUT2D eigenvalue weighted by Gasteiger charge is 2.33. The molecule has 0 radical (unpaired) electrons. The van der Waals surface area contributed by atoms with Crippen molar-refractivity contribution in [1.82, 2.24) is 0 Å². The van der Waals surface area contributed by atoms with Crippen molar-refractivity contribution in [2.75, 3.05) is 0 Å². The minimum Gasteiger partial charge on any atom is -0.391 e. The molecule has 1 aromatic rings. The molecule has 0 amide bonds. The summed E-state index contributed by atoms with van der Waals surface area (Å²) in [5, 5.41) is 10.2. The van der Waals surface area contributed by atoms with Gasteiger partial charge in [0.05, 0.1) is 17.7 Å². The summed E-state index contributed by atoms with van der Waals surface area (Å²) in [7, 11) is 0. The second-order valence-corrected chi connectivity index (χ2v) is 5.77. The van der Waals surface area contributed by atoms with Gasteiger partial charge in [0.15, 0.2) is 0 Å². The Morgan fingerprint density at radius 1 is 1.19 bits per heavy atom. The summed E-state index contributed by atoms with van der Waals surface area (Å²) in [6, 6.07) is 2.37. The Kier molecular flexibility index (Phi) is 6.35. The van der Waals surface area contributed by atoms with E-state index in [0.717, 1.165) is 37.8 Å². The van der Waals surface area contributed by atoms with E-state index in [4.69, 9.17) is 17.3 Å². The van der Waals surface area contributed by atoms with Gasteiger partial charge in [-0.3, -0.25) is 0 Å². The standard InChI is InChI=1S/C14H17ClF3NO.ClH/c15-11-6-9(5-10(7-11)14(16,17)18)12(19)13(20)8-3-1-2-4-8;/h5-8,12-13,20H,1-4,19H2;1H/t12-,13+;/m0./s1. The first-order valence-corrected chi connectivity index (χ1v) is 6.98. The average molecular weight is 344 g/mol. The fourth-order valence-electron chi connectivity index (χ4n) is 2.76. The van der Waals surface area contributed by atoms with E-state index in [0.29, 0.717) is 0 Å². The van der Waals surface area contributed by atoms with Crippen LogP contribution >= 0.6 is 24.0 Å². The van der Waals surface area contributed by atoms with E-state index in [2.05, 4.69) is 0 Å². The molecular weight excluding hydrogens is 326 g/mol. The average Bonchev–Trinajstić information content (AvgIpc) is 2.89. The van der Waals surface area contributed by atoms with Gasteiger partial charge in [-0.2, -0.15) is 13.2 Å². The van der Waals surface area contributed by atoms with Crippen LogP contribution in [0.15, 0.2) is 18.2 Å². The molecule has 120 valence electrons. The van der Waals surface area contributed by atoms with E-state index in [1.54, 1.807) is 0 Å². The van der Waals surface area contributed by atoms with E-state index in [-0.39, 0.29) is 28.9 Å². The second kappa shape index (κ2) is 7.18. The molecule has 3 N–H and O–H groups in total. The van der Waals surface area contributed by atoms with Gasteiger partial charge in [0, 0.05) is 5.02 Å². The Bertz CT molecular complexity index is 476. The summed E-state index contributed by atoms with van der Waals surface area (Å²) in [5.74, 6) is 0.0540. The molecule has 21 heavy (non-hydrogen) atoms. The molecule has 0 saturated heterocycles. The molecule has 0 aliphatic heterocycles. The van der Waals surface area contributed by atoms with Crippen molar-refractivity contribution in [2.24, 2.45) is 11.7 Å². The molecule has 2 rings (SSSR count). The number of aliphatic hydroxyl groups is 1. The first kappa shape index (κ1) is 18.6. The minimum absolute atomic E-state index is 0. The third kappa shape index (κ3) is 4.49. The summed E-state index contributed by atoms with van der Waals surface area (Å²) in [6.07, 6.45) is -1.53. The maximum Gasteiger partial charge on any atom is 0.416 e. The van der Waals surface area contributed by atoms with E-state index >= 15 is 0 Å². The van der Waals surface area contributed by atoms with Crippen LogP contribution < -0.4 is 5.73 Å². The zero-order valence-electron chi connectivity index (χ0n) is 11.2. The summed E-state index contributed by atoms with van der Waals surface area (Å²) >= 11 is 5.73. The molecule has 1 fully saturated rings. The number of benzene rings is 1. The summed E-state index contributed by atoms with van der Waals surface area (Å²) in [6.45, 7) is 0. The van der Waals surface area contributed by atoms with Crippen molar-refractivity contribution in [3.05, 3.63) is 34.3 Å². The van der Waals surface area contributed by atoms with E-state index in [1.165, 1.54) is 6.07 Å². The number of aliphatic hydroxyl groups excluding tert-OH is 1. The Balaban J connectivity index is 0.00000220. The van der Waals surface area contributed by atoms with Crippen LogP contribution in [0, 0.1) is 5.92 Å². The number of nitrogens with two attached hydrogens (primary N) is 1. The number of halogens is 5. The number of hydrogen-bond donors (Lipinski definition) is 2. The van der Waals surface area contributed by atoms with Gasteiger partial charge in [0.2, 0.25) is 0 Å². The smallest absolute Gasteiger partial charge is 0.391 e. The topological polar surface area (TPSA) is 46.2 Å². The van der Waals surface area contributed by atoms with Gasteiger partial charge >= 0.3 is 6.18 Å². The molecule has 0 spiro atoms. The molecule has 2 atom stereocenters. The molecule has 1 aromatic carbocycles. The quantitative estimate of drug-likeness (QED) is 0.857. The molecule has 1 aliphatic carbocycles. The lowest BCUT2D eigenvalue weighted by atomic mass is 9.90. The lowest BCUT2D eigenvalue weighted by Crippen LogP contribution is -2.32. The highest BCUT2D eigenvalue weighted by atomic mass is 35.5. The van der Waals surface area contributed by atoms with Crippen LogP contribution in [0.3, 0.4) is 0 Å². The van der Waals surface area contributed by atoms with Crippen LogP contribution in [0.5, 0.6) is 0 Å². The Morgan fingerprint density at radius 2 is 1.76 bits per heavy atom. The van der Waals surface area contributed by atoms with Crippen LogP contribution in [-0.4, -0.2) is 11.2 Å². The SMILES string of the molecule is Cl.N[C@@H](c1cc(Cl)cc(C(F)(F)F)c1)[C@H](O)C1CCCC1. The maximum absolute atomic E-state index is 12.8. The molecule has 0 aromatic heterocycles. The zero-order chi connectivity index (χ0) is 14.9. The molecular formula is C14H18Cl2F3NO. The van der Waals surface area contributed by atoms with Gasteiger partial charge in [-0.15, -0.1) is 12.4 Å². The third-order valence-corrected chi connectivity index (χ3v) is 4.10. The van der Waals surface area contributed by atoms with Crippen molar-refractivity contribution in [3.8, 4) is 0 Å². The molecule has 0 bridgehead atoms. The predicted octanol–water partition coefficient (Wildman–Crippen LogP) is 4.33. The van der Waals surface area contributed by atoms with Gasteiger partial charge in [-0.1, -0.05) is 24.4 Å². The number of hydrogen-bond acceptors (Lipinski definition) is 2. The van der Waals surface area contributed by atoms with Gasteiger partial charge in [0.25, 0.3) is 0 Å². The van der Waals surface area contributed by atoms with E-state index in [1.807, 2.05) is 0 Å². The molecule has 0 heterocycles. The summed E-state index contributed by atoms with van der Waals surface area (Å²) in [4.78, 5) is 0. The minimum atomic E-state index is -4.47. The molecule has 7 heteroatoms.